The summed E-state index contributed by atoms with van der Waals surface area (Å²) in [7, 11) is 1.61. The van der Waals surface area contributed by atoms with Crippen LogP contribution in [0.3, 0.4) is 0 Å². The lowest BCUT2D eigenvalue weighted by Crippen LogP contribution is -2.52. The normalized spacial score (nSPS) is 16.1. The van der Waals surface area contributed by atoms with Crippen molar-refractivity contribution in [1.82, 2.24) is 9.97 Å². The maximum atomic E-state index is 13.7. The number of rotatable bonds is 3. The Labute approximate surface area is 96.5 Å². The third-order valence-electron chi connectivity index (χ3n) is 2.42. The topological polar surface area (TPSA) is 76.3 Å². The van der Waals surface area contributed by atoms with E-state index in [1.54, 1.807) is 12.0 Å². The molecule has 88 valence electrons. The minimum atomic E-state index is -0.610. The Morgan fingerprint density at radius 3 is 2.81 bits per heavy atom. The summed E-state index contributed by atoms with van der Waals surface area (Å²) in [5.74, 6) is 4.53. The van der Waals surface area contributed by atoms with Gasteiger partial charge in [-0.05, 0) is 11.6 Å². The third-order valence-corrected chi connectivity index (χ3v) is 2.59. The van der Waals surface area contributed by atoms with Gasteiger partial charge in [-0.25, -0.2) is 5.84 Å². The van der Waals surface area contributed by atoms with E-state index >= 15 is 0 Å². The number of nitrogens with two attached hydrogens (primary N) is 1. The Morgan fingerprint density at radius 1 is 1.56 bits per heavy atom. The second-order valence-corrected chi connectivity index (χ2v) is 3.72. The van der Waals surface area contributed by atoms with Crippen molar-refractivity contribution >= 4 is 23.2 Å². The van der Waals surface area contributed by atoms with Gasteiger partial charge in [0.05, 0.1) is 6.10 Å². The van der Waals surface area contributed by atoms with Crippen molar-refractivity contribution in [2.75, 3.05) is 30.5 Å². The van der Waals surface area contributed by atoms with Crippen molar-refractivity contribution < 1.29 is 9.13 Å². The van der Waals surface area contributed by atoms with E-state index in [4.69, 9.17) is 22.2 Å². The highest BCUT2D eigenvalue weighted by atomic mass is 35.5. The summed E-state index contributed by atoms with van der Waals surface area (Å²) in [4.78, 5) is 9.15. The minimum absolute atomic E-state index is 0.0507. The van der Waals surface area contributed by atoms with Gasteiger partial charge in [-0.3, -0.25) is 0 Å². The van der Waals surface area contributed by atoms with E-state index < -0.39 is 5.82 Å². The van der Waals surface area contributed by atoms with Crippen molar-refractivity contribution in [2.45, 2.75) is 6.10 Å². The van der Waals surface area contributed by atoms with Crippen LogP contribution >= 0.6 is 11.6 Å². The van der Waals surface area contributed by atoms with Crippen LogP contribution in [0.25, 0.3) is 0 Å². The highest BCUT2D eigenvalue weighted by Crippen LogP contribution is 2.27. The maximum absolute atomic E-state index is 13.7. The molecule has 0 aromatic carbocycles. The fourth-order valence-corrected chi connectivity index (χ4v) is 1.64. The van der Waals surface area contributed by atoms with Gasteiger partial charge in [0.15, 0.2) is 11.6 Å². The molecule has 0 saturated carbocycles. The highest BCUT2D eigenvalue weighted by Gasteiger charge is 2.31. The van der Waals surface area contributed by atoms with Crippen LogP contribution in [0.15, 0.2) is 0 Å². The summed E-state index contributed by atoms with van der Waals surface area (Å²) in [5.41, 5.74) is 2.14. The summed E-state index contributed by atoms with van der Waals surface area (Å²) in [5, 5.41) is -0.0507. The van der Waals surface area contributed by atoms with E-state index in [2.05, 4.69) is 15.4 Å². The van der Waals surface area contributed by atoms with Crippen molar-refractivity contribution in [2.24, 2.45) is 5.84 Å². The van der Waals surface area contributed by atoms with Crippen molar-refractivity contribution in [3.8, 4) is 0 Å². The van der Waals surface area contributed by atoms with E-state index in [1.165, 1.54) is 0 Å². The first-order valence-corrected chi connectivity index (χ1v) is 5.01. The standard InChI is InChI=1S/C8H11ClFN5O/c1-16-4-2-15(3-4)7-5(10)6(14-11)12-8(9)13-7/h4H,2-3,11H2,1H3,(H,12,13,14). The fraction of sp³-hybridized carbons (Fsp3) is 0.500. The number of hydrogen-bond donors (Lipinski definition) is 2. The summed E-state index contributed by atoms with van der Waals surface area (Å²) < 4.78 is 18.8. The summed E-state index contributed by atoms with van der Waals surface area (Å²) in [6.07, 6.45) is 0.0995. The second-order valence-electron chi connectivity index (χ2n) is 3.39. The third kappa shape index (κ3) is 1.89. The predicted molar refractivity (Wildman–Crippen MR) is 57.8 cm³/mol. The first-order chi connectivity index (χ1) is 7.65. The van der Waals surface area contributed by atoms with Gasteiger partial charge in [-0.15, -0.1) is 0 Å². The van der Waals surface area contributed by atoms with E-state index in [-0.39, 0.29) is 23.0 Å². The number of hydrazine groups is 1. The van der Waals surface area contributed by atoms with Crippen LogP contribution in [0.4, 0.5) is 16.0 Å². The molecule has 8 heteroatoms. The van der Waals surface area contributed by atoms with E-state index in [0.717, 1.165) is 0 Å². The molecule has 6 nitrogen and oxygen atoms in total. The summed E-state index contributed by atoms with van der Waals surface area (Å²) >= 11 is 5.65. The number of hydrogen-bond acceptors (Lipinski definition) is 6. The molecule has 1 aliphatic rings. The summed E-state index contributed by atoms with van der Waals surface area (Å²) in [6, 6.07) is 0. The van der Waals surface area contributed by atoms with E-state index in [9.17, 15) is 4.39 Å². The van der Waals surface area contributed by atoms with Crippen LogP contribution in [-0.2, 0) is 4.74 Å². The number of nitrogens with one attached hydrogen (secondary N) is 1. The zero-order chi connectivity index (χ0) is 11.7. The molecule has 1 fully saturated rings. The molecule has 0 spiro atoms. The molecule has 0 unspecified atom stereocenters. The molecule has 0 aliphatic carbocycles. The van der Waals surface area contributed by atoms with Crippen molar-refractivity contribution in [3.05, 3.63) is 11.1 Å². The molecule has 0 bridgehead atoms. The highest BCUT2D eigenvalue weighted by molar-refractivity contribution is 6.28. The monoisotopic (exact) mass is 247 g/mol. The quantitative estimate of drug-likeness (QED) is 0.457. The Kier molecular flexibility index (Phi) is 3.08. The van der Waals surface area contributed by atoms with E-state index in [0.29, 0.717) is 13.1 Å². The molecule has 0 atom stereocenters. The lowest BCUT2D eigenvalue weighted by molar-refractivity contribution is 0.0779. The van der Waals surface area contributed by atoms with Crippen molar-refractivity contribution in [1.29, 1.82) is 0 Å². The van der Waals surface area contributed by atoms with Gasteiger partial charge in [-0.1, -0.05) is 0 Å². The van der Waals surface area contributed by atoms with Crippen molar-refractivity contribution in [3.63, 3.8) is 0 Å². The average molecular weight is 248 g/mol. The molecule has 0 radical (unpaired) electrons. The minimum Gasteiger partial charge on any atom is -0.378 e. The number of methoxy groups -OCH3 is 1. The van der Waals surface area contributed by atoms with Crippen LogP contribution in [0.5, 0.6) is 0 Å². The molecule has 3 N–H and O–H groups in total. The zero-order valence-corrected chi connectivity index (χ0v) is 9.33. The zero-order valence-electron chi connectivity index (χ0n) is 8.57. The van der Waals surface area contributed by atoms with Crippen LogP contribution in [0, 0.1) is 5.82 Å². The van der Waals surface area contributed by atoms with Crippen LogP contribution in [-0.4, -0.2) is 36.3 Å². The Hall–Kier alpha value is -1.18. The Bertz CT molecular complexity index is 398. The predicted octanol–water partition coefficient (Wildman–Crippen LogP) is 0.390. The van der Waals surface area contributed by atoms with Gasteiger partial charge >= 0.3 is 0 Å². The maximum Gasteiger partial charge on any atom is 0.226 e. The SMILES string of the molecule is COC1CN(c2nc(Cl)nc(NN)c2F)C1. The van der Waals surface area contributed by atoms with Gasteiger partial charge in [-0.2, -0.15) is 14.4 Å². The first-order valence-electron chi connectivity index (χ1n) is 4.63. The van der Waals surface area contributed by atoms with E-state index in [1.807, 2.05) is 0 Å². The molecule has 0 amide bonds. The number of halogens is 2. The molecular formula is C8H11ClFN5O. The first kappa shape index (κ1) is 11.3. The van der Waals surface area contributed by atoms with Gasteiger partial charge in [0.1, 0.15) is 0 Å². The number of nitrogen functional groups attached to an aromatic ring is 1. The molecule has 2 heterocycles. The summed E-state index contributed by atoms with van der Waals surface area (Å²) in [6.45, 7) is 1.15. The fourth-order valence-electron chi connectivity index (χ4n) is 1.47. The molecule has 1 aromatic heterocycles. The largest absolute Gasteiger partial charge is 0.378 e. The number of anilines is 2. The molecule has 2 rings (SSSR count). The molecule has 1 saturated heterocycles. The number of nitrogens with zero attached hydrogens (tertiary/aromatic N) is 3. The van der Waals surface area contributed by atoms with Crippen LogP contribution in [0.1, 0.15) is 0 Å². The molecule has 1 aromatic rings. The van der Waals surface area contributed by atoms with Gasteiger partial charge in [0.2, 0.25) is 11.1 Å². The molecular weight excluding hydrogens is 237 g/mol. The van der Waals surface area contributed by atoms with Crippen LogP contribution < -0.4 is 16.2 Å². The lowest BCUT2D eigenvalue weighted by atomic mass is 10.1. The smallest absolute Gasteiger partial charge is 0.226 e. The lowest BCUT2D eigenvalue weighted by Gasteiger charge is -2.39. The number of ether oxygens (including phenoxy) is 1. The Morgan fingerprint density at radius 2 is 2.25 bits per heavy atom. The second kappa shape index (κ2) is 4.36. The van der Waals surface area contributed by atoms with Gasteiger partial charge < -0.3 is 15.1 Å². The molecule has 16 heavy (non-hydrogen) atoms. The number of aromatic nitrogens is 2. The van der Waals surface area contributed by atoms with Gasteiger partial charge in [0.25, 0.3) is 0 Å². The van der Waals surface area contributed by atoms with Gasteiger partial charge in [0, 0.05) is 20.2 Å². The average Bonchev–Trinajstić information content (AvgIpc) is 2.21. The molecule has 1 aliphatic heterocycles. The van der Waals surface area contributed by atoms with Crippen LogP contribution in [0.2, 0.25) is 5.28 Å². The Balaban J connectivity index is 2.24.